The predicted octanol–water partition coefficient (Wildman–Crippen LogP) is 3.54. The van der Waals surface area contributed by atoms with Crippen LogP contribution in [0.5, 0.6) is 0 Å². The van der Waals surface area contributed by atoms with Crippen molar-refractivity contribution in [3.8, 4) is 0 Å². The van der Waals surface area contributed by atoms with Crippen molar-refractivity contribution in [1.82, 2.24) is 9.55 Å². The monoisotopic (exact) mass is 275 g/mol. The minimum absolute atomic E-state index is 0.321. The zero-order chi connectivity index (χ0) is 14.1. The summed E-state index contributed by atoms with van der Waals surface area (Å²) in [6, 6.07) is 0.816. The number of hydrogen-bond donors (Lipinski definition) is 1. The van der Waals surface area contributed by atoms with E-state index in [1.54, 1.807) is 0 Å². The van der Waals surface area contributed by atoms with E-state index in [-0.39, 0.29) is 0 Å². The van der Waals surface area contributed by atoms with Crippen molar-refractivity contribution in [3.05, 3.63) is 17.2 Å². The zero-order valence-electron chi connectivity index (χ0n) is 13.1. The maximum absolute atomic E-state index is 6.48. The zero-order valence-corrected chi connectivity index (χ0v) is 13.1. The molecular formula is C17H29N3. The fourth-order valence-corrected chi connectivity index (χ4v) is 4.36. The van der Waals surface area contributed by atoms with Crippen molar-refractivity contribution in [2.45, 2.75) is 83.7 Å². The van der Waals surface area contributed by atoms with Crippen LogP contribution in [0.1, 0.15) is 75.1 Å². The van der Waals surface area contributed by atoms with Crippen LogP contribution < -0.4 is 5.73 Å². The highest BCUT2D eigenvalue weighted by Gasteiger charge is 2.32. The first-order valence-electron chi connectivity index (χ1n) is 8.52. The Kier molecular flexibility index (Phi) is 4.16. The molecule has 0 aliphatic heterocycles. The van der Waals surface area contributed by atoms with E-state index in [0.717, 1.165) is 5.92 Å². The predicted molar refractivity (Wildman–Crippen MR) is 82.9 cm³/mol. The van der Waals surface area contributed by atoms with E-state index in [1.807, 2.05) is 0 Å². The molecule has 2 aliphatic carbocycles. The number of nitrogens with two attached hydrogens (primary N) is 1. The molecule has 0 amide bonds. The quantitative estimate of drug-likeness (QED) is 0.917. The lowest BCUT2D eigenvalue weighted by Crippen LogP contribution is -2.39. The van der Waals surface area contributed by atoms with Crippen LogP contribution in [0.4, 0.5) is 0 Å². The smallest absolute Gasteiger partial charge is 0.106 e. The molecule has 3 unspecified atom stereocenters. The summed E-state index contributed by atoms with van der Waals surface area (Å²) in [5, 5.41) is 0. The van der Waals surface area contributed by atoms with Gasteiger partial charge in [0.1, 0.15) is 5.82 Å². The third kappa shape index (κ3) is 2.52. The first-order chi connectivity index (χ1) is 9.70. The Morgan fingerprint density at radius 1 is 1.25 bits per heavy atom. The molecule has 2 N–H and O–H groups in total. The summed E-state index contributed by atoms with van der Waals surface area (Å²) in [5.41, 5.74) is 9.35. The Morgan fingerprint density at radius 2 is 2.05 bits per heavy atom. The van der Waals surface area contributed by atoms with Gasteiger partial charge in [-0.25, -0.2) is 4.98 Å². The molecule has 20 heavy (non-hydrogen) atoms. The van der Waals surface area contributed by atoms with E-state index in [9.17, 15) is 0 Å². The van der Waals surface area contributed by atoms with Crippen LogP contribution in [-0.2, 0) is 12.8 Å². The van der Waals surface area contributed by atoms with Gasteiger partial charge in [-0.1, -0.05) is 19.8 Å². The van der Waals surface area contributed by atoms with E-state index >= 15 is 0 Å². The molecule has 0 radical (unpaired) electrons. The van der Waals surface area contributed by atoms with Gasteiger partial charge in [-0.3, -0.25) is 0 Å². The highest BCUT2D eigenvalue weighted by molar-refractivity contribution is 5.21. The Hall–Kier alpha value is -0.830. The van der Waals surface area contributed by atoms with E-state index in [1.165, 1.54) is 75.0 Å². The number of nitrogens with zero attached hydrogens (tertiary/aromatic N) is 2. The SMILES string of the molecule is CCCC1CCC(N)C(n2c(C)nc3c2CCCC3)C1. The molecule has 3 atom stereocenters. The van der Waals surface area contributed by atoms with Crippen molar-refractivity contribution in [2.75, 3.05) is 0 Å². The van der Waals surface area contributed by atoms with Crippen LogP contribution in [0, 0.1) is 12.8 Å². The molecule has 0 bridgehead atoms. The minimum Gasteiger partial charge on any atom is -0.327 e. The van der Waals surface area contributed by atoms with Crippen LogP contribution >= 0.6 is 0 Å². The average Bonchev–Trinajstić information content (AvgIpc) is 2.77. The van der Waals surface area contributed by atoms with Gasteiger partial charge in [0, 0.05) is 11.7 Å². The van der Waals surface area contributed by atoms with E-state index in [4.69, 9.17) is 10.7 Å². The second kappa shape index (κ2) is 5.88. The molecule has 3 heteroatoms. The Morgan fingerprint density at radius 3 is 2.85 bits per heavy atom. The average molecular weight is 275 g/mol. The van der Waals surface area contributed by atoms with Gasteiger partial charge in [0.2, 0.25) is 0 Å². The number of hydrogen-bond acceptors (Lipinski definition) is 2. The first kappa shape index (κ1) is 14.1. The van der Waals surface area contributed by atoms with Gasteiger partial charge in [-0.2, -0.15) is 0 Å². The summed E-state index contributed by atoms with van der Waals surface area (Å²) < 4.78 is 2.53. The molecule has 0 aromatic carbocycles. The van der Waals surface area contributed by atoms with Crippen LogP contribution in [0.3, 0.4) is 0 Å². The van der Waals surface area contributed by atoms with Crippen molar-refractivity contribution < 1.29 is 0 Å². The second-order valence-electron chi connectivity index (χ2n) is 6.83. The Bertz CT molecular complexity index is 463. The fraction of sp³-hybridized carbons (Fsp3) is 0.824. The minimum atomic E-state index is 0.321. The van der Waals surface area contributed by atoms with Gasteiger partial charge >= 0.3 is 0 Å². The van der Waals surface area contributed by atoms with Gasteiger partial charge in [-0.15, -0.1) is 0 Å². The lowest BCUT2D eigenvalue weighted by Gasteiger charge is -2.37. The van der Waals surface area contributed by atoms with Gasteiger partial charge in [-0.05, 0) is 57.8 Å². The number of imidazole rings is 1. The molecule has 1 aromatic rings. The van der Waals surface area contributed by atoms with Crippen LogP contribution in [0.25, 0.3) is 0 Å². The molecule has 0 saturated heterocycles. The summed E-state index contributed by atoms with van der Waals surface area (Å²) in [4.78, 5) is 4.84. The Labute approximate surface area is 123 Å². The molecule has 1 aromatic heterocycles. The maximum atomic E-state index is 6.48. The lowest BCUT2D eigenvalue weighted by atomic mass is 9.80. The lowest BCUT2D eigenvalue weighted by molar-refractivity contribution is 0.218. The summed E-state index contributed by atoms with van der Waals surface area (Å²) in [6.07, 6.45) is 11.4. The van der Waals surface area contributed by atoms with E-state index < -0.39 is 0 Å². The van der Waals surface area contributed by atoms with Crippen LogP contribution in [0.2, 0.25) is 0 Å². The maximum Gasteiger partial charge on any atom is 0.106 e. The molecular weight excluding hydrogens is 246 g/mol. The van der Waals surface area contributed by atoms with E-state index in [2.05, 4.69) is 18.4 Å². The highest BCUT2D eigenvalue weighted by Crippen LogP contribution is 2.37. The van der Waals surface area contributed by atoms with Gasteiger partial charge in [0.25, 0.3) is 0 Å². The molecule has 3 rings (SSSR count). The number of rotatable bonds is 3. The van der Waals surface area contributed by atoms with Gasteiger partial charge in [0.15, 0.2) is 0 Å². The highest BCUT2D eigenvalue weighted by atomic mass is 15.1. The van der Waals surface area contributed by atoms with Crippen LogP contribution in [-0.4, -0.2) is 15.6 Å². The molecule has 0 spiro atoms. The van der Waals surface area contributed by atoms with Crippen molar-refractivity contribution >= 4 is 0 Å². The number of fused-ring (bicyclic) bond motifs is 1. The topological polar surface area (TPSA) is 43.8 Å². The van der Waals surface area contributed by atoms with Crippen molar-refractivity contribution in [2.24, 2.45) is 11.7 Å². The molecule has 3 nitrogen and oxygen atoms in total. The summed E-state index contributed by atoms with van der Waals surface area (Å²) >= 11 is 0. The van der Waals surface area contributed by atoms with E-state index in [0.29, 0.717) is 12.1 Å². The standard InChI is InChI=1S/C17H29N3/c1-3-6-13-9-10-14(18)17(11-13)20-12(2)19-15-7-4-5-8-16(15)20/h13-14,17H,3-11,18H2,1-2H3. The van der Waals surface area contributed by atoms with Crippen molar-refractivity contribution in [3.63, 3.8) is 0 Å². The molecule has 2 aliphatic rings. The Balaban J connectivity index is 1.88. The largest absolute Gasteiger partial charge is 0.327 e. The summed E-state index contributed by atoms with van der Waals surface area (Å²) in [7, 11) is 0. The second-order valence-corrected chi connectivity index (χ2v) is 6.83. The third-order valence-electron chi connectivity index (χ3n) is 5.35. The molecule has 1 heterocycles. The number of aryl methyl sites for hydroxylation is 2. The summed E-state index contributed by atoms with van der Waals surface area (Å²) in [6.45, 7) is 4.47. The molecule has 112 valence electrons. The fourth-order valence-electron chi connectivity index (χ4n) is 4.36. The molecule has 1 saturated carbocycles. The van der Waals surface area contributed by atoms with Gasteiger partial charge in [0.05, 0.1) is 11.7 Å². The number of aromatic nitrogens is 2. The molecule has 1 fully saturated rings. The first-order valence-corrected chi connectivity index (χ1v) is 8.52. The third-order valence-corrected chi connectivity index (χ3v) is 5.35. The van der Waals surface area contributed by atoms with Gasteiger partial charge < -0.3 is 10.3 Å². The normalized spacial score (nSPS) is 30.2. The van der Waals surface area contributed by atoms with Crippen molar-refractivity contribution in [1.29, 1.82) is 0 Å². The van der Waals surface area contributed by atoms with Crippen LogP contribution in [0.15, 0.2) is 0 Å². The summed E-state index contributed by atoms with van der Waals surface area (Å²) in [5.74, 6) is 2.07.